The van der Waals surface area contributed by atoms with Crippen molar-refractivity contribution in [3.63, 3.8) is 0 Å². The number of thiophene rings is 1. The Morgan fingerprint density at radius 1 is 1.17 bits per heavy atom. The standard InChI is InChI=1S/C19H18N2OS/c22-17(16-7-4-10-20-16)13-21-11-8-18-15(9-12-23-18)19(21)14-5-2-1-3-6-14/h1-7,9-10,12,19-20H,8,11,13H2/t19-/m0/s1. The van der Waals surface area contributed by atoms with Crippen LogP contribution < -0.4 is 0 Å². The Hall–Kier alpha value is -2.17. The Morgan fingerprint density at radius 3 is 2.83 bits per heavy atom. The summed E-state index contributed by atoms with van der Waals surface area (Å²) in [5, 5.41) is 2.16. The summed E-state index contributed by atoms with van der Waals surface area (Å²) in [6.45, 7) is 1.36. The topological polar surface area (TPSA) is 36.1 Å². The van der Waals surface area contributed by atoms with Crippen molar-refractivity contribution in [3.8, 4) is 0 Å². The van der Waals surface area contributed by atoms with Crippen molar-refractivity contribution in [1.29, 1.82) is 0 Å². The predicted octanol–water partition coefficient (Wildman–Crippen LogP) is 3.91. The van der Waals surface area contributed by atoms with Crippen molar-refractivity contribution in [2.45, 2.75) is 12.5 Å². The van der Waals surface area contributed by atoms with Crippen LogP contribution in [0, 0.1) is 0 Å². The van der Waals surface area contributed by atoms with E-state index in [4.69, 9.17) is 0 Å². The molecule has 0 saturated carbocycles. The third-order valence-electron chi connectivity index (χ3n) is 4.43. The lowest BCUT2D eigenvalue weighted by atomic mass is 9.93. The largest absolute Gasteiger partial charge is 0.359 e. The highest BCUT2D eigenvalue weighted by molar-refractivity contribution is 7.10. The monoisotopic (exact) mass is 322 g/mol. The van der Waals surface area contributed by atoms with Crippen LogP contribution in [0.1, 0.15) is 32.5 Å². The van der Waals surface area contributed by atoms with Gasteiger partial charge in [-0.1, -0.05) is 30.3 Å². The lowest BCUT2D eigenvalue weighted by Crippen LogP contribution is -2.39. The van der Waals surface area contributed by atoms with Crippen molar-refractivity contribution in [1.82, 2.24) is 9.88 Å². The number of rotatable bonds is 4. The zero-order valence-corrected chi connectivity index (χ0v) is 13.6. The first-order valence-corrected chi connectivity index (χ1v) is 8.73. The van der Waals surface area contributed by atoms with Crippen LogP contribution in [0.3, 0.4) is 0 Å². The van der Waals surface area contributed by atoms with Gasteiger partial charge in [0.1, 0.15) is 0 Å². The van der Waals surface area contributed by atoms with E-state index >= 15 is 0 Å². The molecule has 1 aliphatic heterocycles. The Kier molecular flexibility index (Phi) is 3.85. The van der Waals surface area contributed by atoms with Gasteiger partial charge in [0.15, 0.2) is 5.78 Å². The Morgan fingerprint density at radius 2 is 2.04 bits per heavy atom. The van der Waals surface area contributed by atoms with E-state index in [2.05, 4.69) is 45.6 Å². The van der Waals surface area contributed by atoms with E-state index in [0.717, 1.165) is 13.0 Å². The number of ketones is 1. The van der Waals surface area contributed by atoms with Crippen LogP contribution in [-0.2, 0) is 6.42 Å². The quantitative estimate of drug-likeness (QED) is 0.739. The van der Waals surface area contributed by atoms with E-state index in [9.17, 15) is 4.79 Å². The number of nitrogens with zero attached hydrogens (tertiary/aromatic N) is 1. The van der Waals surface area contributed by atoms with Crippen LogP contribution in [-0.4, -0.2) is 28.8 Å². The van der Waals surface area contributed by atoms with E-state index in [0.29, 0.717) is 12.2 Å². The molecule has 116 valence electrons. The second-order valence-corrected chi connectivity index (χ2v) is 6.84. The fourth-order valence-corrected chi connectivity index (χ4v) is 4.24. The highest BCUT2D eigenvalue weighted by Gasteiger charge is 2.30. The molecule has 3 nitrogen and oxygen atoms in total. The zero-order valence-electron chi connectivity index (χ0n) is 12.7. The van der Waals surface area contributed by atoms with Gasteiger partial charge in [-0.15, -0.1) is 11.3 Å². The average molecular weight is 322 g/mol. The summed E-state index contributed by atoms with van der Waals surface area (Å²) in [6, 6.07) is 16.6. The molecule has 23 heavy (non-hydrogen) atoms. The minimum Gasteiger partial charge on any atom is -0.359 e. The molecule has 0 unspecified atom stereocenters. The second-order valence-electron chi connectivity index (χ2n) is 5.84. The molecular weight excluding hydrogens is 304 g/mol. The molecular formula is C19H18N2OS. The van der Waals surface area contributed by atoms with Crippen LogP contribution >= 0.6 is 11.3 Å². The van der Waals surface area contributed by atoms with Gasteiger partial charge in [0.05, 0.1) is 18.3 Å². The van der Waals surface area contributed by atoms with Gasteiger partial charge >= 0.3 is 0 Å². The van der Waals surface area contributed by atoms with Crippen LogP contribution in [0.4, 0.5) is 0 Å². The molecule has 0 bridgehead atoms. The second kappa shape index (κ2) is 6.14. The molecule has 4 heteroatoms. The maximum atomic E-state index is 12.5. The number of carbonyl (C=O) groups is 1. The first-order chi connectivity index (χ1) is 11.3. The van der Waals surface area contributed by atoms with Crippen LogP contribution in [0.2, 0.25) is 0 Å². The molecule has 0 fully saturated rings. The molecule has 3 heterocycles. The first kappa shape index (κ1) is 14.4. The Bertz CT molecular complexity index is 792. The number of nitrogens with one attached hydrogen (secondary N) is 1. The van der Waals surface area contributed by atoms with Gasteiger partial charge in [-0.3, -0.25) is 9.69 Å². The SMILES string of the molecule is O=C(CN1CCc2sccc2[C@@H]1c1ccccc1)c1ccc[nH]1. The summed E-state index contributed by atoms with van der Waals surface area (Å²) < 4.78 is 0. The number of fused-ring (bicyclic) bond motifs is 1. The fraction of sp³-hybridized carbons (Fsp3) is 0.211. The average Bonchev–Trinajstić information content (AvgIpc) is 3.27. The number of H-pyrrole nitrogens is 1. The Balaban J connectivity index is 1.67. The molecule has 0 radical (unpaired) electrons. The molecule has 1 N–H and O–H groups in total. The molecule has 0 spiro atoms. The minimum atomic E-state index is 0.148. The highest BCUT2D eigenvalue weighted by Crippen LogP contribution is 2.37. The summed E-state index contributed by atoms with van der Waals surface area (Å²) in [6.07, 6.45) is 2.82. The van der Waals surface area contributed by atoms with Crippen molar-refractivity contribution in [2.75, 3.05) is 13.1 Å². The summed E-state index contributed by atoms with van der Waals surface area (Å²) in [5.41, 5.74) is 3.30. The van der Waals surface area contributed by atoms with E-state index in [1.807, 2.05) is 29.5 Å². The molecule has 0 aliphatic carbocycles. The number of Topliss-reactive ketones (excluding diaryl/α,β-unsaturated/α-hetero) is 1. The van der Waals surface area contributed by atoms with Gasteiger partial charge in [0.2, 0.25) is 0 Å². The van der Waals surface area contributed by atoms with Crippen LogP contribution in [0.25, 0.3) is 0 Å². The van der Waals surface area contributed by atoms with Crippen molar-refractivity contribution < 1.29 is 4.79 Å². The maximum absolute atomic E-state index is 12.5. The zero-order chi connectivity index (χ0) is 15.6. The van der Waals surface area contributed by atoms with Gasteiger partial charge in [0, 0.05) is 17.6 Å². The van der Waals surface area contributed by atoms with Gasteiger partial charge in [-0.2, -0.15) is 0 Å². The number of aromatic amines is 1. The fourth-order valence-electron chi connectivity index (χ4n) is 3.34. The molecule has 0 saturated heterocycles. The number of carbonyl (C=O) groups excluding carboxylic acids is 1. The molecule has 3 aromatic rings. The molecule has 4 rings (SSSR count). The highest BCUT2D eigenvalue weighted by atomic mass is 32.1. The lowest BCUT2D eigenvalue weighted by Gasteiger charge is -2.35. The number of hydrogen-bond donors (Lipinski definition) is 1. The third-order valence-corrected chi connectivity index (χ3v) is 5.42. The number of aromatic nitrogens is 1. The number of benzene rings is 1. The van der Waals surface area contributed by atoms with E-state index in [1.165, 1.54) is 16.0 Å². The molecule has 1 aliphatic rings. The molecule has 1 aromatic carbocycles. The number of hydrogen-bond acceptors (Lipinski definition) is 3. The minimum absolute atomic E-state index is 0.148. The van der Waals surface area contributed by atoms with Crippen LogP contribution in [0.5, 0.6) is 0 Å². The summed E-state index contributed by atoms with van der Waals surface area (Å²) in [7, 11) is 0. The van der Waals surface area contributed by atoms with Crippen molar-refractivity contribution in [3.05, 3.63) is 81.8 Å². The van der Waals surface area contributed by atoms with E-state index in [-0.39, 0.29) is 11.8 Å². The van der Waals surface area contributed by atoms with E-state index in [1.54, 1.807) is 6.20 Å². The normalized spacial score (nSPS) is 17.8. The summed E-state index contributed by atoms with van der Waals surface area (Å²) >= 11 is 1.82. The smallest absolute Gasteiger partial charge is 0.192 e. The van der Waals surface area contributed by atoms with Crippen LogP contribution in [0.15, 0.2) is 60.1 Å². The predicted molar refractivity (Wildman–Crippen MR) is 93.0 cm³/mol. The molecule has 0 amide bonds. The lowest BCUT2D eigenvalue weighted by molar-refractivity contribution is 0.0897. The van der Waals surface area contributed by atoms with E-state index < -0.39 is 0 Å². The summed E-state index contributed by atoms with van der Waals surface area (Å²) in [5.74, 6) is 0.148. The van der Waals surface area contributed by atoms with Crippen molar-refractivity contribution in [2.24, 2.45) is 0 Å². The maximum Gasteiger partial charge on any atom is 0.192 e. The third kappa shape index (κ3) is 2.76. The van der Waals surface area contributed by atoms with Gasteiger partial charge in [-0.25, -0.2) is 0 Å². The van der Waals surface area contributed by atoms with Gasteiger partial charge in [-0.05, 0) is 41.1 Å². The first-order valence-electron chi connectivity index (χ1n) is 7.85. The molecule has 2 aromatic heterocycles. The van der Waals surface area contributed by atoms with Gasteiger partial charge < -0.3 is 4.98 Å². The molecule has 1 atom stereocenters. The Labute approximate surface area is 139 Å². The van der Waals surface area contributed by atoms with Gasteiger partial charge in [0.25, 0.3) is 0 Å². The summed E-state index contributed by atoms with van der Waals surface area (Å²) in [4.78, 5) is 19.3. The van der Waals surface area contributed by atoms with Crippen molar-refractivity contribution >= 4 is 17.1 Å².